The number of hydrogen-bond acceptors (Lipinski definition) is 3. The van der Waals surface area contributed by atoms with Gasteiger partial charge in [0.05, 0.1) is 11.7 Å². The minimum Gasteiger partial charge on any atom is -0.271 e. The lowest BCUT2D eigenvalue weighted by Crippen LogP contribution is -2.30. The van der Waals surface area contributed by atoms with Gasteiger partial charge in [-0.2, -0.15) is 5.10 Å². The summed E-state index contributed by atoms with van der Waals surface area (Å²) in [6.45, 7) is 0. The van der Waals surface area contributed by atoms with Crippen LogP contribution in [0.4, 0.5) is 4.39 Å². The van der Waals surface area contributed by atoms with Crippen LogP contribution < -0.4 is 11.3 Å². The Balaban J connectivity index is 2.37. The summed E-state index contributed by atoms with van der Waals surface area (Å²) >= 11 is 0. The second-order valence-electron chi connectivity index (χ2n) is 3.53. The highest BCUT2D eigenvalue weighted by molar-refractivity contribution is 5.27. The molecule has 84 valence electrons. The number of rotatable bonds is 3. The van der Waals surface area contributed by atoms with Crippen molar-refractivity contribution in [2.24, 2.45) is 12.9 Å². The van der Waals surface area contributed by atoms with Gasteiger partial charge in [-0.3, -0.25) is 10.5 Å². The number of nitrogens with one attached hydrogen (secondary N) is 1. The third kappa shape index (κ3) is 1.95. The van der Waals surface area contributed by atoms with Crippen molar-refractivity contribution in [3.63, 3.8) is 0 Å². The predicted molar refractivity (Wildman–Crippen MR) is 58.8 cm³/mol. The molecule has 0 aliphatic carbocycles. The summed E-state index contributed by atoms with van der Waals surface area (Å²) in [7, 11) is 1.84. The number of aromatic nitrogens is 2. The van der Waals surface area contributed by atoms with Crippen molar-refractivity contribution in [3.8, 4) is 0 Å². The van der Waals surface area contributed by atoms with Crippen LogP contribution in [0.5, 0.6) is 0 Å². The van der Waals surface area contributed by atoms with E-state index < -0.39 is 0 Å². The summed E-state index contributed by atoms with van der Waals surface area (Å²) < 4.78 is 14.5. The average molecular weight is 220 g/mol. The Morgan fingerprint density at radius 2 is 2.00 bits per heavy atom. The van der Waals surface area contributed by atoms with Gasteiger partial charge in [0, 0.05) is 13.2 Å². The molecule has 1 aromatic heterocycles. The van der Waals surface area contributed by atoms with Gasteiger partial charge in [0.2, 0.25) is 0 Å². The molecule has 3 N–H and O–H groups in total. The van der Waals surface area contributed by atoms with Crippen LogP contribution >= 0.6 is 0 Å². The largest absolute Gasteiger partial charge is 0.271 e. The number of halogens is 1. The van der Waals surface area contributed by atoms with Gasteiger partial charge in [0.1, 0.15) is 5.82 Å². The van der Waals surface area contributed by atoms with Gasteiger partial charge in [0.25, 0.3) is 0 Å². The average Bonchev–Trinajstić information content (AvgIpc) is 2.69. The molecule has 0 aliphatic heterocycles. The fraction of sp³-hybridized carbons (Fsp3) is 0.182. The number of nitrogens with two attached hydrogens (primary N) is 1. The lowest BCUT2D eigenvalue weighted by molar-refractivity contribution is 0.572. The van der Waals surface area contributed by atoms with E-state index in [2.05, 4.69) is 10.5 Å². The molecule has 2 aromatic rings. The Morgan fingerprint density at radius 3 is 2.50 bits per heavy atom. The highest BCUT2D eigenvalue weighted by atomic mass is 19.1. The molecule has 4 nitrogen and oxygen atoms in total. The highest BCUT2D eigenvalue weighted by Gasteiger charge is 2.15. The molecule has 0 saturated heterocycles. The molecule has 1 atom stereocenters. The molecular weight excluding hydrogens is 207 g/mol. The normalized spacial score (nSPS) is 12.7. The minimum atomic E-state index is -0.260. The number of nitrogens with zero attached hydrogens (tertiary/aromatic N) is 2. The molecule has 0 saturated carbocycles. The SMILES string of the molecule is Cn1nccc1C(NN)c1ccc(F)cc1. The first-order valence-electron chi connectivity index (χ1n) is 4.92. The quantitative estimate of drug-likeness (QED) is 0.602. The van der Waals surface area contributed by atoms with E-state index in [-0.39, 0.29) is 11.9 Å². The zero-order valence-electron chi connectivity index (χ0n) is 8.89. The predicted octanol–water partition coefficient (Wildman–Crippen LogP) is 1.11. The topological polar surface area (TPSA) is 55.9 Å². The smallest absolute Gasteiger partial charge is 0.123 e. The fourth-order valence-electron chi connectivity index (χ4n) is 1.67. The molecule has 16 heavy (non-hydrogen) atoms. The maximum atomic E-state index is 12.8. The number of hydrazine groups is 1. The number of aryl methyl sites for hydroxylation is 1. The van der Waals surface area contributed by atoms with Crippen molar-refractivity contribution in [2.45, 2.75) is 6.04 Å². The van der Waals surface area contributed by atoms with E-state index in [0.29, 0.717) is 0 Å². The first kappa shape index (κ1) is 10.8. The Hall–Kier alpha value is -1.72. The zero-order chi connectivity index (χ0) is 11.5. The molecule has 0 amide bonds. The third-order valence-corrected chi connectivity index (χ3v) is 2.52. The lowest BCUT2D eigenvalue weighted by Gasteiger charge is -2.16. The summed E-state index contributed by atoms with van der Waals surface area (Å²) in [5, 5.41) is 4.08. The highest BCUT2D eigenvalue weighted by Crippen LogP contribution is 2.20. The van der Waals surface area contributed by atoms with Crippen molar-refractivity contribution in [1.82, 2.24) is 15.2 Å². The fourth-order valence-corrected chi connectivity index (χ4v) is 1.67. The van der Waals surface area contributed by atoms with Gasteiger partial charge in [-0.1, -0.05) is 12.1 Å². The summed E-state index contributed by atoms with van der Waals surface area (Å²) in [6, 6.07) is 7.91. The summed E-state index contributed by atoms with van der Waals surface area (Å²) in [5.41, 5.74) is 4.52. The van der Waals surface area contributed by atoms with Crippen molar-refractivity contribution in [3.05, 3.63) is 53.6 Å². The lowest BCUT2D eigenvalue weighted by atomic mass is 10.0. The van der Waals surface area contributed by atoms with E-state index in [1.54, 1.807) is 23.0 Å². The van der Waals surface area contributed by atoms with Gasteiger partial charge < -0.3 is 0 Å². The standard InChI is InChI=1S/C11H13FN4/c1-16-10(6-7-14-16)11(15-13)8-2-4-9(12)5-3-8/h2-7,11,15H,13H2,1H3. The van der Waals surface area contributed by atoms with E-state index in [1.165, 1.54) is 12.1 Å². The van der Waals surface area contributed by atoms with Crippen LogP contribution in [0.2, 0.25) is 0 Å². The van der Waals surface area contributed by atoms with Gasteiger partial charge in [-0.15, -0.1) is 0 Å². The van der Waals surface area contributed by atoms with Gasteiger partial charge in [-0.05, 0) is 23.8 Å². The van der Waals surface area contributed by atoms with Crippen LogP contribution in [-0.4, -0.2) is 9.78 Å². The molecule has 0 spiro atoms. The van der Waals surface area contributed by atoms with Gasteiger partial charge in [0.15, 0.2) is 0 Å². The van der Waals surface area contributed by atoms with Crippen LogP contribution in [0.25, 0.3) is 0 Å². The minimum absolute atomic E-state index is 0.187. The Kier molecular flexibility index (Phi) is 2.98. The van der Waals surface area contributed by atoms with E-state index in [4.69, 9.17) is 5.84 Å². The van der Waals surface area contributed by atoms with Crippen LogP contribution in [0.3, 0.4) is 0 Å². The van der Waals surface area contributed by atoms with Crippen LogP contribution in [0, 0.1) is 5.82 Å². The monoisotopic (exact) mass is 220 g/mol. The van der Waals surface area contributed by atoms with Crippen LogP contribution in [0.15, 0.2) is 36.5 Å². The molecule has 2 rings (SSSR count). The van der Waals surface area contributed by atoms with Crippen molar-refractivity contribution < 1.29 is 4.39 Å². The molecule has 1 aromatic carbocycles. The van der Waals surface area contributed by atoms with Crippen molar-refractivity contribution in [2.75, 3.05) is 0 Å². The van der Waals surface area contributed by atoms with Crippen molar-refractivity contribution >= 4 is 0 Å². The molecular formula is C11H13FN4. The van der Waals surface area contributed by atoms with Crippen molar-refractivity contribution in [1.29, 1.82) is 0 Å². The van der Waals surface area contributed by atoms with E-state index in [0.717, 1.165) is 11.3 Å². The molecule has 0 radical (unpaired) electrons. The molecule has 0 aliphatic rings. The summed E-state index contributed by atoms with van der Waals surface area (Å²) in [5.74, 6) is 5.26. The van der Waals surface area contributed by atoms with E-state index in [9.17, 15) is 4.39 Å². The second kappa shape index (κ2) is 4.42. The second-order valence-corrected chi connectivity index (χ2v) is 3.53. The third-order valence-electron chi connectivity index (χ3n) is 2.52. The number of hydrogen-bond donors (Lipinski definition) is 2. The molecule has 0 bridgehead atoms. The van der Waals surface area contributed by atoms with E-state index >= 15 is 0 Å². The molecule has 1 heterocycles. The van der Waals surface area contributed by atoms with Crippen LogP contribution in [-0.2, 0) is 7.05 Å². The molecule has 0 fully saturated rings. The number of benzene rings is 1. The maximum absolute atomic E-state index is 12.8. The van der Waals surface area contributed by atoms with Gasteiger partial charge >= 0.3 is 0 Å². The Morgan fingerprint density at radius 1 is 1.31 bits per heavy atom. The van der Waals surface area contributed by atoms with E-state index in [1.807, 2.05) is 13.1 Å². The Labute approximate surface area is 92.9 Å². The first-order valence-corrected chi connectivity index (χ1v) is 4.92. The van der Waals surface area contributed by atoms with Gasteiger partial charge in [-0.25, -0.2) is 9.82 Å². The summed E-state index contributed by atoms with van der Waals surface area (Å²) in [6.07, 6.45) is 1.70. The molecule has 5 heteroatoms. The zero-order valence-corrected chi connectivity index (χ0v) is 8.89. The molecule has 1 unspecified atom stereocenters. The first-order chi connectivity index (χ1) is 7.72. The summed E-state index contributed by atoms with van der Waals surface area (Å²) in [4.78, 5) is 0. The Bertz CT molecular complexity index is 463. The maximum Gasteiger partial charge on any atom is 0.123 e. The van der Waals surface area contributed by atoms with Crippen LogP contribution in [0.1, 0.15) is 17.3 Å².